The van der Waals surface area contributed by atoms with E-state index in [4.69, 9.17) is 0 Å². The average Bonchev–Trinajstić information content (AvgIpc) is 2.56. The van der Waals surface area contributed by atoms with Crippen LogP contribution in [0.5, 0.6) is 0 Å². The Balaban J connectivity index is 3.29. The maximum absolute atomic E-state index is 2.37. The zero-order chi connectivity index (χ0) is 18.6. The molecule has 0 bridgehead atoms. The fourth-order valence-corrected chi connectivity index (χ4v) is 2.91. The van der Waals surface area contributed by atoms with Crippen LogP contribution >= 0.6 is 0 Å². The standard InChI is InChI=1S/C25H46/c1-5-6-7-8-9-10-11-12-13-14-15-16-17-18-19-20-21-22-23-24-25(2,3)4/h9-10,12-13,15-16H,5-8,11,14,17-24H2,1-4H3/b10-9-,13-12-,16-15-. The molecule has 0 aromatic carbocycles. The van der Waals surface area contributed by atoms with E-state index in [2.05, 4.69) is 64.2 Å². The molecular weight excluding hydrogens is 300 g/mol. The molecule has 0 nitrogen and oxygen atoms in total. The molecule has 0 aromatic heterocycles. The van der Waals surface area contributed by atoms with Crippen molar-refractivity contribution in [1.29, 1.82) is 0 Å². The van der Waals surface area contributed by atoms with Gasteiger partial charge in [-0.3, -0.25) is 0 Å². The number of rotatable bonds is 16. The molecule has 0 aliphatic heterocycles. The topological polar surface area (TPSA) is 0 Å². The number of unbranched alkanes of at least 4 members (excludes halogenated alkanes) is 9. The highest BCUT2D eigenvalue weighted by atomic mass is 14.1. The lowest BCUT2D eigenvalue weighted by molar-refractivity contribution is 0.356. The summed E-state index contributed by atoms with van der Waals surface area (Å²) in [4.78, 5) is 0. The Kier molecular flexibility index (Phi) is 17.5. The van der Waals surface area contributed by atoms with Gasteiger partial charge in [-0.05, 0) is 50.4 Å². The third kappa shape index (κ3) is 23.2. The van der Waals surface area contributed by atoms with E-state index < -0.39 is 0 Å². The molecule has 0 saturated heterocycles. The van der Waals surface area contributed by atoms with Gasteiger partial charge in [-0.1, -0.05) is 109 Å². The van der Waals surface area contributed by atoms with Gasteiger partial charge in [0.1, 0.15) is 0 Å². The van der Waals surface area contributed by atoms with Crippen LogP contribution in [0.15, 0.2) is 36.5 Å². The molecule has 0 unspecified atom stereocenters. The monoisotopic (exact) mass is 346 g/mol. The summed E-state index contributed by atoms with van der Waals surface area (Å²) in [5.41, 5.74) is 0.518. The summed E-state index contributed by atoms with van der Waals surface area (Å²) in [5.74, 6) is 0. The Bertz CT molecular complexity index is 338. The van der Waals surface area contributed by atoms with Gasteiger partial charge in [0.2, 0.25) is 0 Å². The molecule has 0 heterocycles. The predicted molar refractivity (Wildman–Crippen MR) is 117 cm³/mol. The van der Waals surface area contributed by atoms with Crippen LogP contribution in [0, 0.1) is 5.41 Å². The number of allylic oxidation sites excluding steroid dienone is 6. The Labute approximate surface area is 159 Å². The summed E-state index contributed by atoms with van der Waals surface area (Å²) in [6, 6.07) is 0. The van der Waals surface area contributed by atoms with Gasteiger partial charge in [-0.25, -0.2) is 0 Å². The Morgan fingerprint density at radius 3 is 1.48 bits per heavy atom. The first kappa shape index (κ1) is 24.2. The van der Waals surface area contributed by atoms with Gasteiger partial charge in [-0.15, -0.1) is 0 Å². The van der Waals surface area contributed by atoms with E-state index in [0.717, 1.165) is 12.8 Å². The molecule has 146 valence electrons. The predicted octanol–water partition coefficient (Wildman–Crippen LogP) is 9.18. The van der Waals surface area contributed by atoms with Crippen molar-refractivity contribution in [3.8, 4) is 0 Å². The lowest BCUT2D eigenvalue weighted by Crippen LogP contribution is -2.03. The summed E-state index contributed by atoms with van der Waals surface area (Å²) in [5, 5.41) is 0. The molecule has 0 amide bonds. The zero-order valence-electron chi connectivity index (χ0n) is 17.9. The van der Waals surface area contributed by atoms with Gasteiger partial charge in [0.15, 0.2) is 0 Å². The fourth-order valence-electron chi connectivity index (χ4n) is 2.91. The van der Waals surface area contributed by atoms with Gasteiger partial charge < -0.3 is 0 Å². The molecule has 0 N–H and O–H groups in total. The second-order valence-corrected chi connectivity index (χ2v) is 8.60. The van der Waals surface area contributed by atoms with Crippen LogP contribution in [0.3, 0.4) is 0 Å². The largest absolute Gasteiger partial charge is 0.0882 e. The summed E-state index contributed by atoms with van der Waals surface area (Å²) in [7, 11) is 0. The lowest BCUT2D eigenvalue weighted by atomic mass is 9.89. The van der Waals surface area contributed by atoms with E-state index in [1.54, 1.807) is 0 Å². The van der Waals surface area contributed by atoms with Gasteiger partial charge >= 0.3 is 0 Å². The molecule has 0 radical (unpaired) electrons. The first-order valence-corrected chi connectivity index (χ1v) is 11.0. The van der Waals surface area contributed by atoms with Crippen LogP contribution in [0.1, 0.15) is 118 Å². The normalized spacial score (nSPS) is 13.0. The third-order valence-electron chi connectivity index (χ3n) is 4.57. The Morgan fingerprint density at radius 1 is 0.520 bits per heavy atom. The summed E-state index contributed by atoms with van der Waals surface area (Å²) in [6.07, 6.45) is 32.4. The SMILES string of the molecule is CCCCC/C=C\C/C=C\C/C=C\CCCCCCCCC(C)(C)C. The highest BCUT2D eigenvalue weighted by molar-refractivity contribution is 4.97. The van der Waals surface area contributed by atoms with E-state index in [1.807, 2.05) is 0 Å². The average molecular weight is 347 g/mol. The first-order valence-electron chi connectivity index (χ1n) is 11.0. The van der Waals surface area contributed by atoms with Crippen LogP contribution in [0.2, 0.25) is 0 Å². The minimum atomic E-state index is 0.518. The molecule has 0 atom stereocenters. The quantitative estimate of drug-likeness (QED) is 0.193. The van der Waals surface area contributed by atoms with Crippen LogP contribution in [-0.4, -0.2) is 0 Å². The van der Waals surface area contributed by atoms with E-state index in [-0.39, 0.29) is 0 Å². The summed E-state index contributed by atoms with van der Waals surface area (Å²) in [6.45, 7) is 9.30. The molecule has 0 aliphatic carbocycles. The zero-order valence-corrected chi connectivity index (χ0v) is 17.9. The molecule has 0 rings (SSSR count). The Hall–Kier alpha value is -0.780. The van der Waals surface area contributed by atoms with Crippen molar-refractivity contribution in [1.82, 2.24) is 0 Å². The summed E-state index contributed by atoms with van der Waals surface area (Å²) >= 11 is 0. The molecule has 0 saturated carbocycles. The Morgan fingerprint density at radius 2 is 0.960 bits per heavy atom. The number of hydrogen-bond donors (Lipinski definition) is 0. The second kappa shape index (κ2) is 18.0. The molecular formula is C25H46. The third-order valence-corrected chi connectivity index (χ3v) is 4.57. The molecule has 25 heavy (non-hydrogen) atoms. The van der Waals surface area contributed by atoms with Crippen molar-refractivity contribution in [2.45, 2.75) is 118 Å². The van der Waals surface area contributed by atoms with Gasteiger partial charge in [0, 0.05) is 0 Å². The lowest BCUT2D eigenvalue weighted by Gasteiger charge is -2.17. The molecule has 0 aromatic rings. The van der Waals surface area contributed by atoms with Crippen molar-refractivity contribution in [2.24, 2.45) is 5.41 Å². The van der Waals surface area contributed by atoms with Crippen molar-refractivity contribution in [3.63, 3.8) is 0 Å². The first-order chi connectivity index (χ1) is 12.1. The summed E-state index contributed by atoms with van der Waals surface area (Å²) < 4.78 is 0. The second-order valence-electron chi connectivity index (χ2n) is 8.60. The van der Waals surface area contributed by atoms with Crippen molar-refractivity contribution < 1.29 is 0 Å². The highest BCUT2D eigenvalue weighted by Crippen LogP contribution is 2.22. The van der Waals surface area contributed by atoms with E-state index >= 15 is 0 Å². The van der Waals surface area contributed by atoms with E-state index in [0.29, 0.717) is 5.41 Å². The van der Waals surface area contributed by atoms with Crippen molar-refractivity contribution in [3.05, 3.63) is 36.5 Å². The van der Waals surface area contributed by atoms with Crippen LogP contribution in [0.25, 0.3) is 0 Å². The van der Waals surface area contributed by atoms with Crippen molar-refractivity contribution >= 4 is 0 Å². The maximum Gasteiger partial charge on any atom is -0.0169 e. The number of hydrogen-bond acceptors (Lipinski definition) is 0. The molecule has 0 fully saturated rings. The van der Waals surface area contributed by atoms with Crippen LogP contribution in [-0.2, 0) is 0 Å². The smallest absolute Gasteiger partial charge is 0.0169 e. The highest BCUT2D eigenvalue weighted by Gasteiger charge is 2.08. The van der Waals surface area contributed by atoms with Gasteiger partial charge in [0.25, 0.3) is 0 Å². The minimum Gasteiger partial charge on any atom is -0.0882 e. The van der Waals surface area contributed by atoms with Gasteiger partial charge in [0.05, 0.1) is 0 Å². The molecule has 0 spiro atoms. The fraction of sp³-hybridized carbons (Fsp3) is 0.760. The van der Waals surface area contributed by atoms with E-state index in [9.17, 15) is 0 Å². The molecule has 0 heteroatoms. The van der Waals surface area contributed by atoms with Crippen LogP contribution in [0.4, 0.5) is 0 Å². The maximum atomic E-state index is 2.37. The molecule has 0 aliphatic rings. The minimum absolute atomic E-state index is 0.518. The van der Waals surface area contributed by atoms with Crippen LogP contribution < -0.4 is 0 Å². The van der Waals surface area contributed by atoms with E-state index in [1.165, 1.54) is 77.0 Å². The van der Waals surface area contributed by atoms with Crippen molar-refractivity contribution in [2.75, 3.05) is 0 Å². The van der Waals surface area contributed by atoms with Gasteiger partial charge in [-0.2, -0.15) is 0 Å².